The Morgan fingerprint density at radius 3 is 2.57 bits per heavy atom. The van der Waals surface area contributed by atoms with Crippen molar-refractivity contribution in [3.8, 4) is 0 Å². The number of carbonyl (C=O) groups is 1. The SMILES string of the molecule is Cc1ncc(NC[C@H]2CN(CC3CCN(CC4CC4)CC3)C(=O)CO2)nc1C. The maximum Gasteiger partial charge on any atom is 0.248 e. The van der Waals surface area contributed by atoms with Gasteiger partial charge in [0.25, 0.3) is 0 Å². The van der Waals surface area contributed by atoms with E-state index in [1.165, 1.54) is 45.3 Å². The Bertz CT molecular complexity index is 685. The molecule has 2 aliphatic heterocycles. The summed E-state index contributed by atoms with van der Waals surface area (Å²) >= 11 is 0. The molecule has 3 heterocycles. The average molecular weight is 388 g/mol. The van der Waals surface area contributed by atoms with Crippen molar-refractivity contribution in [1.82, 2.24) is 19.8 Å². The van der Waals surface area contributed by atoms with Crippen molar-refractivity contribution in [3.63, 3.8) is 0 Å². The standard InChI is InChI=1S/C21H33N5O2/c1-15-16(2)24-20(10-22-15)23-9-19-13-26(21(27)14-28-19)12-18-5-7-25(8-6-18)11-17-3-4-17/h10,17-19H,3-9,11-14H2,1-2H3,(H,23,24)/t19-/m0/s1. The van der Waals surface area contributed by atoms with Gasteiger partial charge in [0.15, 0.2) is 0 Å². The molecule has 1 aromatic heterocycles. The number of hydrogen-bond acceptors (Lipinski definition) is 6. The van der Waals surface area contributed by atoms with E-state index >= 15 is 0 Å². The molecule has 0 radical (unpaired) electrons. The van der Waals surface area contributed by atoms with E-state index < -0.39 is 0 Å². The van der Waals surface area contributed by atoms with Gasteiger partial charge in [-0.15, -0.1) is 0 Å². The van der Waals surface area contributed by atoms with Gasteiger partial charge >= 0.3 is 0 Å². The third-order valence-corrected chi connectivity index (χ3v) is 6.32. The van der Waals surface area contributed by atoms with Crippen LogP contribution in [-0.4, -0.2) is 77.7 Å². The first kappa shape index (κ1) is 19.6. The van der Waals surface area contributed by atoms with E-state index in [-0.39, 0.29) is 18.6 Å². The number of rotatable bonds is 7. The van der Waals surface area contributed by atoms with Gasteiger partial charge in [0.05, 0.1) is 23.7 Å². The highest BCUT2D eigenvalue weighted by Gasteiger charge is 2.31. The van der Waals surface area contributed by atoms with Crippen LogP contribution in [0.3, 0.4) is 0 Å². The normalized spacial score (nSPS) is 24.6. The number of hydrogen-bond donors (Lipinski definition) is 1. The van der Waals surface area contributed by atoms with Gasteiger partial charge < -0.3 is 19.9 Å². The molecular weight excluding hydrogens is 354 g/mol. The molecule has 7 nitrogen and oxygen atoms in total. The van der Waals surface area contributed by atoms with Crippen molar-refractivity contribution in [2.45, 2.75) is 45.6 Å². The van der Waals surface area contributed by atoms with Gasteiger partial charge in [-0.25, -0.2) is 4.98 Å². The molecular formula is C21H33N5O2. The fourth-order valence-corrected chi connectivity index (χ4v) is 4.15. The van der Waals surface area contributed by atoms with Gasteiger partial charge in [-0.3, -0.25) is 9.78 Å². The molecule has 7 heteroatoms. The van der Waals surface area contributed by atoms with E-state index in [4.69, 9.17) is 4.74 Å². The second-order valence-electron chi connectivity index (χ2n) is 8.73. The zero-order valence-corrected chi connectivity index (χ0v) is 17.2. The summed E-state index contributed by atoms with van der Waals surface area (Å²) in [7, 11) is 0. The van der Waals surface area contributed by atoms with Crippen LogP contribution in [0.15, 0.2) is 6.20 Å². The zero-order valence-electron chi connectivity index (χ0n) is 17.2. The Morgan fingerprint density at radius 1 is 1.11 bits per heavy atom. The molecule has 1 atom stereocenters. The Kier molecular flexibility index (Phi) is 6.11. The molecule has 28 heavy (non-hydrogen) atoms. The molecule has 2 saturated heterocycles. The van der Waals surface area contributed by atoms with Crippen molar-refractivity contribution in [2.75, 3.05) is 51.2 Å². The second-order valence-corrected chi connectivity index (χ2v) is 8.73. The summed E-state index contributed by atoms with van der Waals surface area (Å²) in [6, 6.07) is 0. The van der Waals surface area contributed by atoms with Crippen LogP contribution in [0.4, 0.5) is 5.82 Å². The summed E-state index contributed by atoms with van der Waals surface area (Å²) in [5, 5.41) is 3.31. The molecule has 3 fully saturated rings. The lowest BCUT2D eigenvalue weighted by Crippen LogP contribution is -2.51. The van der Waals surface area contributed by atoms with Gasteiger partial charge in [0, 0.05) is 26.2 Å². The number of anilines is 1. The number of aryl methyl sites for hydroxylation is 2. The number of nitrogens with zero attached hydrogens (tertiary/aromatic N) is 4. The van der Waals surface area contributed by atoms with Gasteiger partial charge in [0.1, 0.15) is 12.4 Å². The maximum absolute atomic E-state index is 12.3. The van der Waals surface area contributed by atoms with Crippen LogP contribution in [0, 0.1) is 25.7 Å². The summed E-state index contributed by atoms with van der Waals surface area (Å²) in [6.45, 7) is 9.94. The minimum Gasteiger partial charge on any atom is -0.366 e. The number of nitrogens with one attached hydrogen (secondary N) is 1. The van der Waals surface area contributed by atoms with E-state index in [1.54, 1.807) is 6.20 Å². The third-order valence-electron chi connectivity index (χ3n) is 6.32. The number of amides is 1. The highest BCUT2D eigenvalue weighted by atomic mass is 16.5. The minimum absolute atomic E-state index is 0.00364. The van der Waals surface area contributed by atoms with E-state index in [0.29, 0.717) is 19.0 Å². The fourth-order valence-electron chi connectivity index (χ4n) is 4.15. The minimum atomic E-state index is -0.00364. The van der Waals surface area contributed by atoms with Crippen molar-refractivity contribution in [1.29, 1.82) is 0 Å². The molecule has 4 rings (SSSR count). The number of likely N-dealkylation sites (tertiary alicyclic amines) is 1. The number of morpholine rings is 1. The summed E-state index contributed by atoms with van der Waals surface area (Å²) in [4.78, 5) is 25.8. The Morgan fingerprint density at radius 2 is 1.86 bits per heavy atom. The highest BCUT2D eigenvalue weighted by Crippen LogP contribution is 2.31. The molecule has 0 bridgehead atoms. The van der Waals surface area contributed by atoms with Crippen molar-refractivity contribution >= 4 is 11.7 Å². The smallest absolute Gasteiger partial charge is 0.248 e. The van der Waals surface area contributed by atoms with Crippen LogP contribution in [0.2, 0.25) is 0 Å². The lowest BCUT2D eigenvalue weighted by Gasteiger charge is -2.38. The fraction of sp³-hybridized carbons (Fsp3) is 0.762. The molecule has 1 saturated carbocycles. The summed E-state index contributed by atoms with van der Waals surface area (Å²) in [5.74, 6) is 2.48. The van der Waals surface area contributed by atoms with Crippen LogP contribution in [0.25, 0.3) is 0 Å². The van der Waals surface area contributed by atoms with Crippen molar-refractivity contribution < 1.29 is 9.53 Å². The Hall–Kier alpha value is -1.73. The van der Waals surface area contributed by atoms with Crippen LogP contribution in [-0.2, 0) is 9.53 Å². The van der Waals surface area contributed by atoms with Crippen LogP contribution < -0.4 is 5.32 Å². The molecule has 0 unspecified atom stereocenters. The topological polar surface area (TPSA) is 70.6 Å². The highest BCUT2D eigenvalue weighted by molar-refractivity contribution is 5.78. The monoisotopic (exact) mass is 387 g/mol. The zero-order chi connectivity index (χ0) is 19.5. The number of piperidine rings is 1. The first-order chi connectivity index (χ1) is 13.6. The first-order valence-electron chi connectivity index (χ1n) is 10.7. The lowest BCUT2D eigenvalue weighted by molar-refractivity contribution is -0.149. The van der Waals surface area contributed by atoms with E-state index in [9.17, 15) is 4.79 Å². The number of aromatic nitrogens is 2. The number of carbonyl (C=O) groups excluding carboxylic acids is 1. The first-order valence-corrected chi connectivity index (χ1v) is 10.7. The molecule has 0 spiro atoms. The van der Waals surface area contributed by atoms with E-state index in [0.717, 1.165) is 29.7 Å². The van der Waals surface area contributed by atoms with Crippen molar-refractivity contribution in [3.05, 3.63) is 17.6 Å². The average Bonchev–Trinajstić information content (AvgIpc) is 3.50. The van der Waals surface area contributed by atoms with E-state index in [1.807, 2.05) is 18.7 Å². The number of ether oxygens (including phenoxy) is 1. The lowest BCUT2D eigenvalue weighted by atomic mass is 9.95. The van der Waals surface area contributed by atoms with Gasteiger partial charge in [-0.1, -0.05) is 0 Å². The van der Waals surface area contributed by atoms with Crippen LogP contribution >= 0.6 is 0 Å². The van der Waals surface area contributed by atoms with Gasteiger partial charge in [-0.05, 0) is 64.5 Å². The quantitative estimate of drug-likeness (QED) is 0.770. The van der Waals surface area contributed by atoms with Gasteiger partial charge in [-0.2, -0.15) is 0 Å². The Labute approximate surface area is 167 Å². The maximum atomic E-state index is 12.3. The van der Waals surface area contributed by atoms with Crippen LogP contribution in [0.1, 0.15) is 37.1 Å². The second kappa shape index (κ2) is 8.74. The van der Waals surface area contributed by atoms with Crippen molar-refractivity contribution in [2.24, 2.45) is 11.8 Å². The van der Waals surface area contributed by atoms with Gasteiger partial charge in [0.2, 0.25) is 5.91 Å². The summed E-state index contributed by atoms with van der Waals surface area (Å²) in [6.07, 6.45) is 7.01. The molecule has 1 amide bonds. The summed E-state index contributed by atoms with van der Waals surface area (Å²) < 4.78 is 5.74. The Balaban J connectivity index is 1.22. The molecule has 1 aliphatic carbocycles. The third kappa shape index (κ3) is 5.20. The predicted molar refractivity (Wildman–Crippen MR) is 108 cm³/mol. The molecule has 1 N–H and O–H groups in total. The molecule has 3 aliphatic rings. The molecule has 0 aromatic carbocycles. The predicted octanol–water partition coefficient (Wildman–Crippen LogP) is 1.85. The molecule has 154 valence electrons. The largest absolute Gasteiger partial charge is 0.366 e. The van der Waals surface area contributed by atoms with Crippen LogP contribution in [0.5, 0.6) is 0 Å². The summed E-state index contributed by atoms with van der Waals surface area (Å²) in [5.41, 5.74) is 1.87. The molecule has 1 aromatic rings. The van der Waals surface area contributed by atoms with E-state index in [2.05, 4.69) is 20.2 Å².